The van der Waals surface area contributed by atoms with Gasteiger partial charge in [-0.3, -0.25) is 0 Å². The van der Waals surface area contributed by atoms with Crippen LogP contribution in [0.5, 0.6) is 0 Å². The Labute approximate surface area is 116 Å². The van der Waals surface area contributed by atoms with Crippen molar-refractivity contribution in [1.82, 2.24) is 10.2 Å². The number of rotatable bonds is 6. The van der Waals surface area contributed by atoms with Crippen molar-refractivity contribution in [1.29, 1.82) is 0 Å². The van der Waals surface area contributed by atoms with Crippen LogP contribution in [0.2, 0.25) is 0 Å². The van der Waals surface area contributed by atoms with Gasteiger partial charge in [-0.05, 0) is 38.4 Å². The van der Waals surface area contributed by atoms with Crippen molar-refractivity contribution >= 4 is 0 Å². The Morgan fingerprint density at radius 2 is 2.11 bits per heavy atom. The zero-order valence-electron chi connectivity index (χ0n) is 11.9. The lowest BCUT2D eigenvalue weighted by atomic mass is 10.0. The van der Waals surface area contributed by atoms with Crippen molar-refractivity contribution < 1.29 is 5.11 Å². The average Bonchev–Trinajstić information content (AvgIpc) is 2.46. The summed E-state index contributed by atoms with van der Waals surface area (Å²) in [5.41, 5.74) is 1.28. The molecule has 2 atom stereocenters. The van der Waals surface area contributed by atoms with Gasteiger partial charge in [-0.1, -0.05) is 36.8 Å². The minimum Gasteiger partial charge on any atom is -0.395 e. The molecular formula is C16H26N2O. The number of aliphatic hydroxyl groups excluding tert-OH is 1. The fourth-order valence-electron chi connectivity index (χ4n) is 2.80. The standard InChI is InChI=1S/C16H26N2O/c1-18-10-6-5-9-16(18)12-17-15(13-19)11-14-7-3-2-4-8-14/h2-4,7-8,15-17,19H,5-6,9-13H2,1H3/t15-,16?/m1/s1. The van der Waals surface area contributed by atoms with Crippen LogP contribution in [0.15, 0.2) is 30.3 Å². The van der Waals surface area contributed by atoms with Crippen molar-refractivity contribution in [2.24, 2.45) is 0 Å². The molecule has 0 aromatic heterocycles. The summed E-state index contributed by atoms with van der Waals surface area (Å²) in [6.07, 6.45) is 4.82. The minimum absolute atomic E-state index is 0.165. The topological polar surface area (TPSA) is 35.5 Å². The lowest BCUT2D eigenvalue weighted by molar-refractivity contribution is 0.167. The Morgan fingerprint density at radius 1 is 1.32 bits per heavy atom. The highest BCUT2D eigenvalue weighted by Gasteiger charge is 2.19. The van der Waals surface area contributed by atoms with Gasteiger partial charge in [0.25, 0.3) is 0 Å². The highest BCUT2D eigenvalue weighted by molar-refractivity contribution is 5.15. The minimum atomic E-state index is 0.165. The second-order valence-corrected chi connectivity index (χ2v) is 5.61. The lowest BCUT2D eigenvalue weighted by Gasteiger charge is -2.33. The van der Waals surface area contributed by atoms with Crippen molar-refractivity contribution in [2.75, 3.05) is 26.7 Å². The third kappa shape index (κ3) is 4.60. The number of aliphatic hydroxyl groups is 1. The number of nitrogens with zero attached hydrogens (tertiary/aromatic N) is 1. The Morgan fingerprint density at radius 3 is 2.79 bits per heavy atom. The maximum Gasteiger partial charge on any atom is 0.0587 e. The van der Waals surface area contributed by atoms with Crippen LogP contribution in [0.1, 0.15) is 24.8 Å². The summed E-state index contributed by atoms with van der Waals surface area (Å²) in [5, 5.41) is 13.0. The molecule has 3 nitrogen and oxygen atoms in total. The summed E-state index contributed by atoms with van der Waals surface area (Å²) < 4.78 is 0. The van der Waals surface area contributed by atoms with E-state index in [-0.39, 0.29) is 12.6 Å². The Balaban J connectivity index is 1.79. The lowest BCUT2D eigenvalue weighted by Crippen LogP contribution is -2.47. The van der Waals surface area contributed by atoms with Crippen LogP contribution >= 0.6 is 0 Å². The molecule has 2 rings (SSSR count). The van der Waals surface area contributed by atoms with E-state index in [0.717, 1.165) is 13.0 Å². The fraction of sp³-hybridized carbons (Fsp3) is 0.625. The van der Waals surface area contributed by atoms with Crippen molar-refractivity contribution in [3.63, 3.8) is 0 Å². The highest BCUT2D eigenvalue weighted by atomic mass is 16.3. The van der Waals surface area contributed by atoms with Gasteiger partial charge in [0.05, 0.1) is 6.61 Å². The number of likely N-dealkylation sites (tertiary alicyclic amines) is 1. The fourth-order valence-corrected chi connectivity index (χ4v) is 2.80. The Bertz CT molecular complexity index is 355. The van der Waals surface area contributed by atoms with Gasteiger partial charge in [-0.15, -0.1) is 0 Å². The van der Waals surface area contributed by atoms with E-state index in [9.17, 15) is 5.11 Å². The SMILES string of the molecule is CN1CCCCC1CN[C@@H](CO)Cc1ccccc1. The zero-order chi connectivity index (χ0) is 13.5. The number of piperidine rings is 1. The molecule has 1 aromatic carbocycles. The molecular weight excluding hydrogens is 236 g/mol. The Kier molecular flexibility index (Phi) is 5.83. The van der Waals surface area contributed by atoms with E-state index in [1.807, 2.05) is 6.07 Å². The average molecular weight is 262 g/mol. The monoisotopic (exact) mass is 262 g/mol. The van der Waals surface area contributed by atoms with Crippen LogP contribution in [0.4, 0.5) is 0 Å². The van der Waals surface area contributed by atoms with Crippen LogP contribution in [-0.2, 0) is 6.42 Å². The molecule has 3 heteroatoms. The van der Waals surface area contributed by atoms with Gasteiger partial charge < -0.3 is 15.3 Å². The molecule has 1 aliphatic rings. The van der Waals surface area contributed by atoms with Gasteiger partial charge >= 0.3 is 0 Å². The molecule has 0 bridgehead atoms. The molecule has 1 unspecified atom stereocenters. The molecule has 1 aliphatic heterocycles. The number of benzene rings is 1. The number of nitrogens with one attached hydrogen (secondary N) is 1. The number of likely N-dealkylation sites (N-methyl/N-ethyl adjacent to an activating group) is 1. The molecule has 106 valence electrons. The van der Waals surface area contributed by atoms with Crippen LogP contribution in [0.3, 0.4) is 0 Å². The van der Waals surface area contributed by atoms with Crippen LogP contribution in [0.25, 0.3) is 0 Å². The molecule has 0 saturated carbocycles. The molecule has 1 aromatic rings. The normalized spacial score (nSPS) is 22.3. The van der Waals surface area contributed by atoms with Gasteiger partial charge in [0.15, 0.2) is 0 Å². The Hall–Kier alpha value is -0.900. The number of hydrogen-bond donors (Lipinski definition) is 2. The summed E-state index contributed by atoms with van der Waals surface area (Å²) in [6, 6.07) is 11.2. The van der Waals surface area contributed by atoms with E-state index < -0.39 is 0 Å². The first kappa shape index (κ1) is 14.5. The second-order valence-electron chi connectivity index (χ2n) is 5.61. The van der Waals surface area contributed by atoms with Crippen LogP contribution in [0, 0.1) is 0 Å². The maximum atomic E-state index is 9.51. The van der Waals surface area contributed by atoms with Crippen molar-refractivity contribution in [2.45, 2.75) is 37.8 Å². The van der Waals surface area contributed by atoms with Gasteiger partial charge in [-0.2, -0.15) is 0 Å². The molecule has 1 heterocycles. The maximum absolute atomic E-state index is 9.51. The quantitative estimate of drug-likeness (QED) is 0.818. The summed E-state index contributed by atoms with van der Waals surface area (Å²) >= 11 is 0. The molecule has 19 heavy (non-hydrogen) atoms. The predicted molar refractivity (Wildman–Crippen MR) is 79.3 cm³/mol. The van der Waals surface area contributed by atoms with Crippen molar-refractivity contribution in [3.8, 4) is 0 Å². The number of hydrogen-bond acceptors (Lipinski definition) is 3. The zero-order valence-corrected chi connectivity index (χ0v) is 11.9. The molecule has 0 amide bonds. The van der Waals surface area contributed by atoms with E-state index in [1.54, 1.807) is 0 Å². The first-order valence-electron chi connectivity index (χ1n) is 7.38. The van der Waals surface area contributed by atoms with Gasteiger partial charge in [0, 0.05) is 18.6 Å². The third-order valence-corrected chi connectivity index (χ3v) is 4.11. The third-order valence-electron chi connectivity index (χ3n) is 4.11. The molecule has 1 saturated heterocycles. The first-order valence-corrected chi connectivity index (χ1v) is 7.38. The highest BCUT2D eigenvalue weighted by Crippen LogP contribution is 2.14. The van der Waals surface area contributed by atoms with E-state index in [0.29, 0.717) is 6.04 Å². The van der Waals surface area contributed by atoms with Crippen LogP contribution in [-0.4, -0.2) is 48.8 Å². The summed E-state index contributed by atoms with van der Waals surface area (Å²) in [4.78, 5) is 2.44. The largest absolute Gasteiger partial charge is 0.395 e. The van der Waals surface area contributed by atoms with E-state index in [1.165, 1.54) is 31.4 Å². The molecule has 0 aliphatic carbocycles. The molecule has 2 N–H and O–H groups in total. The van der Waals surface area contributed by atoms with E-state index >= 15 is 0 Å². The summed E-state index contributed by atoms with van der Waals surface area (Å²) in [7, 11) is 2.21. The van der Waals surface area contributed by atoms with E-state index in [2.05, 4.69) is 41.5 Å². The molecule has 0 radical (unpaired) electrons. The van der Waals surface area contributed by atoms with Gasteiger partial charge in [0.1, 0.15) is 0 Å². The van der Waals surface area contributed by atoms with Gasteiger partial charge in [0.2, 0.25) is 0 Å². The predicted octanol–water partition coefficient (Wildman–Crippen LogP) is 1.66. The second kappa shape index (κ2) is 7.63. The molecule has 1 fully saturated rings. The first-order chi connectivity index (χ1) is 9.29. The summed E-state index contributed by atoms with van der Waals surface area (Å²) in [6.45, 7) is 2.38. The van der Waals surface area contributed by atoms with Gasteiger partial charge in [-0.25, -0.2) is 0 Å². The van der Waals surface area contributed by atoms with Crippen LogP contribution < -0.4 is 5.32 Å². The molecule has 0 spiro atoms. The summed E-state index contributed by atoms with van der Waals surface area (Å²) in [5.74, 6) is 0. The smallest absolute Gasteiger partial charge is 0.0587 e. The van der Waals surface area contributed by atoms with E-state index in [4.69, 9.17) is 0 Å². The van der Waals surface area contributed by atoms with Crippen molar-refractivity contribution in [3.05, 3.63) is 35.9 Å².